The van der Waals surface area contributed by atoms with E-state index >= 15 is 0 Å². The third-order valence-corrected chi connectivity index (χ3v) is 2.90. The standard InChI is InChI=1S/C13H18N2O2/c1-2-9-15(11-5-6-11)13(17)8-7-12(16)14-10-3-4-10/h2,7-8,10-11H,1,3-6,9H2,(H,14,16)/b8-7+. The van der Waals surface area contributed by atoms with Gasteiger partial charge in [-0.3, -0.25) is 9.59 Å². The summed E-state index contributed by atoms with van der Waals surface area (Å²) in [5.74, 6) is -0.270. The molecule has 0 atom stereocenters. The Labute approximate surface area is 101 Å². The Morgan fingerprint density at radius 1 is 1.24 bits per heavy atom. The molecule has 0 aromatic carbocycles. The monoisotopic (exact) mass is 234 g/mol. The predicted molar refractivity (Wildman–Crippen MR) is 65.2 cm³/mol. The van der Waals surface area contributed by atoms with Gasteiger partial charge in [0.2, 0.25) is 11.8 Å². The molecule has 0 spiro atoms. The van der Waals surface area contributed by atoms with Crippen LogP contribution in [0.4, 0.5) is 0 Å². The first kappa shape index (κ1) is 11.9. The molecule has 0 saturated heterocycles. The number of amides is 2. The van der Waals surface area contributed by atoms with Gasteiger partial charge >= 0.3 is 0 Å². The number of hydrogen-bond acceptors (Lipinski definition) is 2. The zero-order valence-corrected chi connectivity index (χ0v) is 9.89. The van der Waals surface area contributed by atoms with Crippen molar-refractivity contribution in [3.8, 4) is 0 Å². The Morgan fingerprint density at radius 2 is 1.94 bits per heavy atom. The van der Waals surface area contributed by atoms with Crippen LogP contribution < -0.4 is 5.32 Å². The second-order valence-electron chi connectivity index (χ2n) is 4.63. The first-order chi connectivity index (χ1) is 8.20. The van der Waals surface area contributed by atoms with E-state index in [9.17, 15) is 9.59 Å². The summed E-state index contributed by atoms with van der Waals surface area (Å²) >= 11 is 0. The van der Waals surface area contributed by atoms with Crippen LogP contribution in [0.2, 0.25) is 0 Å². The Bertz CT molecular complexity index is 354. The molecule has 4 nitrogen and oxygen atoms in total. The molecule has 2 saturated carbocycles. The predicted octanol–water partition coefficient (Wildman–Crippen LogP) is 0.998. The Morgan fingerprint density at radius 3 is 2.47 bits per heavy atom. The molecule has 92 valence electrons. The number of carbonyl (C=O) groups excluding carboxylic acids is 2. The summed E-state index contributed by atoms with van der Waals surface area (Å²) < 4.78 is 0. The SMILES string of the molecule is C=CCN(C(=O)/C=C/C(=O)NC1CC1)C1CC1. The van der Waals surface area contributed by atoms with Crippen LogP contribution >= 0.6 is 0 Å². The van der Waals surface area contributed by atoms with E-state index in [-0.39, 0.29) is 11.8 Å². The van der Waals surface area contributed by atoms with Gasteiger partial charge in [0.05, 0.1) is 0 Å². The van der Waals surface area contributed by atoms with Crippen molar-refractivity contribution in [1.82, 2.24) is 10.2 Å². The van der Waals surface area contributed by atoms with Gasteiger partial charge in [0.1, 0.15) is 0 Å². The lowest BCUT2D eigenvalue weighted by atomic mass is 10.3. The zero-order valence-electron chi connectivity index (χ0n) is 9.89. The van der Waals surface area contributed by atoms with Gasteiger partial charge in [-0.15, -0.1) is 6.58 Å². The first-order valence-electron chi connectivity index (χ1n) is 6.11. The van der Waals surface area contributed by atoms with Crippen molar-refractivity contribution in [2.24, 2.45) is 0 Å². The lowest BCUT2D eigenvalue weighted by Crippen LogP contribution is -2.32. The largest absolute Gasteiger partial charge is 0.350 e. The van der Waals surface area contributed by atoms with Gasteiger partial charge in [0, 0.05) is 30.8 Å². The third-order valence-electron chi connectivity index (χ3n) is 2.90. The molecule has 17 heavy (non-hydrogen) atoms. The first-order valence-corrected chi connectivity index (χ1v) is 6.11. The van der Waals surface area contributed by atoms with Crippen molar-refractivity contribution in [1.29, 1.82) is 0 Å². The molecule has 2 aliphatic carbocycles. The van der Waals surface area contributed by atoms with E-state index < -0.39 is 0 Å². The Hall–Kier alpha value is -1.58. The number of rotatable bonds is 6. The van der Waals surface area contributed by atoms with E-state index in [4.69, 9.17) is 0 Å². The smallest absolute Gasteiger partial charge is 0.247 e. The summed E-state index contributed by atoms with van der Waals surface area (Å²) in [4.78, 5) is 25.0. The lowest BCUT2D eigenvalue weighted by Gasteiger charge is -2.18. The van der Waals surface area contributed by atoms with Crippen LogP contribution in [-0.2, 0) is 9.59 Å². The molecule has 2 amide bonds. The summed E-state index contributed by atoms with van der Waals surface area (Å²) in [5.41, 5.74) is 0. The van der Waals surface area contributed by atoms with Gasteiger partial charge in [-0.25, -0.2) is 0 Å². The van der Waals surface area contributed by atoms with Crippen molar-refractivity contribution >= 4 is 11.8 Å². The van der Waals surface area contributed by atoms with Crippen molar-refractivity contribution in [2.75, 3.05) is 6.54 Å². The highest BCUT2D eigenvalue weighted by atomic mass is 16.2. The fraction of sp³-hybridized carbons (Fsp3) is 0.538. The quantitative estimate of drug-likeness (QED) is 0.550. The van der Waals surface area contributed by atoms with Gasteiger partial charge in [-0.05, 0) is 25.7 Å². The van der Waals surface area contributed by atoms with Crippen LogP contribution in [0.25, 0.3) is 0 Å². The molecular formula is C13H18N2O2. The highest BCUT2D eigenvalue weighted by molar-refractivity contribution is 5.97. The molecule has 2 aliphatic rings. The summed E-state index contributed by atoms with van der Waals surface area (Å²) in [7, 11) is 0. The second kappa shape index (κ2) is 5.17. The minimum absolute atomic E-state index is 0.0988. The van der Waals surface area contributed by atoms with Gasteiger partial charge < -0.3 is 10.2 Å². The Kier molecular flexibility index (Phi) is 3.61. The molecule has 0 aliphatic heterocycles. The number of hydrogen-bond donors (Lipinski definition) is 1. The maximum atomic E-state index is 11.8. The number of nitrogens with zero attached hydrogens (tertiary/aromatic N) is 1. The summed E-state index contributed by atoms with van der Waals surface area (Å²) in [5, 5.41) is 2.81. The van der Waals surface area contributed by atoms with E-state index in [1.54, 1.807) is 11.0 Å². The van der Waals surface area contributed by atoms with Crippen LogP contribution in [0, 0.1) is 0 Å². The van der Waals surface area contributed by atoms with Gasteiger partial charge in [-0.2, -0.15) is 0 Å². The van der Waals surface area contributed by atoms with E-state index in [0.717, 1.165) is 25.7 Å². The fourth-order valence-corrected chi connectivity index (χ4v) is 1.66. The molecule has 1 N–H and O–H groups in total. The van der Waals surface area contributed by atoms with Gasteiger partial charge in [0.25, 0.3) is 0 Å². The Balaban J connectivity index is 1.82. The third kappa shape index (κ3) is 3.73. The van der Waals surface area contributed by atoms with Crippen LogP contribution in [0.15, 0.2) is 24.8 Å². The minimum atomic E-state index is -0.171. The van der Waals surface area contributed by atoms with Crippen molar-refractivity contribution in [3.63, 3.8) is 0 Å². The molecular weight excluding hydrogens is 216 g/mol. The van der Waals surface area contributed by atoms with Crippen LogP contribution in [0.3, 0.4) is 0 Å². The van der Waals surface area contributed by atoms with E-state index in [2.05, 4.69) is 11.9 Å². The van der Waals surface area contributed by atoms with E-state index in [0.29, 0.717) is 18.6 Å². The normalized spacial score (nSPS) is 19.1. The van der Waals surface area contributed by atoms with Crippen LogP contribution in [-0.4, -0.2) is 35.3 Å². The molecule has 0 unspecified atom stereocenters. The lowest BCUT2D eigenvalue weighted by molar-refractivity contribution is -0.126. The molecule has 0 aromatic heterocycles. The summed E-state index contributed by atoms with van der Waals surface area (Å²) in [6, 6.07) is 0.673. The minimum Gasteiger partial charge on any atom is -0.350 e. The van der Waals surface area contributed by atoms with Crippen molar-refractivity contribution in [3.05, 3.63) is 24.8 Å². The molecule has 2 fully saturated rings. The van der Waals surface area contributed by atoms with Crippen molar-refractivity contribution < 1.29 is 9.59 Å². The molecule has 0 heterocycles. The van der Waals surface area contributed by atoms with Crippen LogP contribution in [0.5, 0.6) is 0 Å². The second-order valence-corrected chi connectivity index (χ2v) is 4.63. The fourth-order valence-electron chi connectivity index (χ4n) is 1.66. The topological polar surface area (TPSA) is 49.4 Å². The summed E-state index contributed by atoms with van der Waals surface area (Å²) in [6.07, 6.45) is 8.63. The highest BCUT2D eigenvalue weighted by Crippen LogP contribution is 2.26. The van der Waals surface area contributed by atoms with Crippen LogP contribution in [0.1, 0.15) is 25.7 Å². The summed E-state index contributed by atoms with van der Waals surface area (Å²) in [6.45, 7) is 4.19. The van der Waals surface area contributed by atoms with Gasteiger partial charge in [0.15, 0.2) is 0 Å². The maximum absolute atomic E-state index is 11.8. The highest BCUT2D eigenvalue weighted by Gasteiger charge is 2.30. The molecule has 2 rings (SSSR count). The molecule has 4 heteroatoms. The van der Waals surface area contributed by atoms with Gasteiger partial charge in [-0.1, -0.05) is 6.08 Å². The maximum Gasteiger partial charge on any atom is 0.247 e. The van der Waals surface area contributed by atoms with E-state index in [1.807, 2.05) is 0 Å². The average molecular weight is 234 g/mol. The average Bonchev–Trinajstić information content (AvgIpc) is 3.14. The van der Waals surface area contributed by atoms with E-state index in [1.165, 1.54) is 12.2 Å². The zero-order chi connectivity index (χ0) is 12.3. The molecule has 0 aromatic rings. The number of nitrogens with one attached hydrogen (secondary N) is 1. The molecule has 0 bridgehead atoms. The molecule has 0 radical (unpaired) electrons. The van der Waals surface area contributed by atoms with Crippen molar-refractivity contribution in [2.45, 2.75) is 37.8 Å². The number of carbonyl (C=O) groups is 2.